The lowest BCUT2D eigenvalue weighted by molar-refractivity contribution is -0.931. The second-order valence-corrected chi connectivity index (χ2v) is 9.35. The zero-order chi connectivity index (χ0) is 20.3. The number of cyclic esters (lactones) is 1. The van der Waals surface area contributed by atoms with Gasteiger partial charge >= 0.3 is 5.97 Å². The van der Waals surface area contributed by atoms with E-state index in [1.165, 1.54) is 7.11 Å². The number of hydrogen-bond donors (Lipinski definition) is 0. The molecule has 7 nitrogen and oxygen atoms in total. The average Bonchev–Trinajstić information content (AvgIpc) is 3.37. The van der Waals surface area contributed by atoms with Crippen LogP contribution in [-0.2, 0) is 23.7 Å². The van der Waals surface area contributed by atoms with Crippen LogP contribution in [0.25, 0.3) is 0 Å². The molecule has 5 bridgehead atoms. The zero-order valence-corrected chi connectivity index (χ0v) is 17.3. The Hall–Kier alpha value is -1.83. The van der Waals surface area contributed by atoms with Crippen LogP contribution in [0.2, 0.25) is 0 Å². The van der Waals surface area contributed by atoms with E-state index in [-0.39, 0.29) is 34.5 Å². The van der Waals surface area contributed by atoms with E-state index in [9.17, 15) is 10.0 Å². The summed E-state index contributed by atoms with van der Waals surface area (Å²) in [4.78, 5) is 12.2. The third kappa shape index (κ3) is 1.65. The van der Waals surface area contributed by atoms with E-state index in [2.05, 4.69) is 26.0 Å². The molecule has 0 aromatic carbocycles. The standard InChI is InChI=1S/C22H27NO6/c1-5-6-8-21-14-7-9-23(21,25)13-10-15(21)28-22(14)16(13)11(2)18(29-22)19-17(26-4)12(3)20(24)27-19/h6,8,11,13-16H,5,7,9-10H2,1-4H3. The topological polar surface area (TPSA) is 77.1 Å². The molecular formula is C22H27NO6. The smallest absolute Gasteiger partial charge is 0.343 e. The molecule has 0 saturated carbocycles. The molecule has 8 unspecified atom stereocenters. The van der Waals surface area contributed by atoms with E-state index in [1.54, 1.807) is 6.92 Å². The van der Waals surface area contributed by atoms with Crippen LogP contribution in [0.3, 0.4) is 0 Å². The molecule has 7 heteroatoms. The van der Waals surface area contributed by atoms with Crippen molar-refractivity contribution in [1.29, 1.82) is 0 Å². The molecule has 0 N–H and O–H groups in total. The van der Waals surface area contributed by atoms with Crippen molar-refractivity contribution in [3.8, 4) is 0 Å². The molecule has 6 aliphatic heterocycles. The van der Waals surface area contributed by atoms with E-state index < -0.39 is 17.3 Å². The summed E-state index contributed by atoms with van der Waals surface area (Å²) < 4.78 is 24.1. The second-order valence-electron chi connectivity index (χ2n) is 9.35. The predicted molar refractivity (Wildman–Crippen MR) is 101 cm³/mol. The van der Waals surface area contributed by atoms with Gasteiger partial charge in [0.15, 0.2) is 11.3 Å². The first-order valence-corrected chi connectivity index (χ1v) is 10.7. The van der Waals surface area contributed by atoms with Crippen molar-refractivity contribution >= 4 is 5.97 Å². The predicted octanol–water partition coefficient (Wildman–Crippen LogP) is 2.88. The molecule has 5 saturated heterocycles. The van der Waals surface area contributed by atoms with Gasteiger partial charge in [-0.2, -0.15) is 0 Å². The minimum atomic E-state index is -0.808. The maximum Gasteiger partial charge on any atom is 0.343 e. The molecule has 0 aliphatic carbocycles. The fourth-order valence-corrected chi connectivity index (χ4v) is 7.53. The number of hydroxylamine groups is 3. The van der Waals surface area contributed by atoms with Crippen LogP contribution in [-0.4, -0.2) is 47.7 Å². The monoisotopic (exact) mass is 401 g/mol. The van der Waals surface area contributed by atoms with Crippen molar-refractivity contribution in [2.24, 2.45) is 17.8 Å². The molecule has 0 radical (unpaired) electrons. The molecule has 6 heterocycles. The van der Waals surface area contributed by atoms with Crippen molar-refractivity contribution in [2.45, 2.75) is 63.5 Å². The maximum absolute atomic E-state index is 14.3. The largest absolute Gasteiger partial charge is 0.632 e. The molecule has 0 amide bonds. The highest BCUT2D eigenvalue weighted by atomic mass is 16.7. The maximum atomic E-state index is 14.3. The van der Waals surface area contributed by atoms with E-state index in [0.29, 0.717) is 29.4 Å². The average molecular weight is 401 g/mol. The van der Waals surface area contributed by atoms with Crippen LogP contribution in [0.4, 0.5) is 0 Å². The summed E-state index contributed by atoms with van der Waals surface area (Å²) in [6.07, 6.45) is 6.61. The van der Waals surface area contributed by atoms with Crippen molar-refractivity contribution in [1.82, 2.24) is 0 Å². The third-order valence-corrected chi connectivity index (χ3v) is 8.48. The van der Waals surface area contributed by atoms with Crippen molar-refractivity contribution in [3.05, 3.63) is 40.2 Å². The molecule has 0 aromatic heterocycles. The van der Waals surface area contributed by atoms with Crippen molar-refractivity contribution in [2.75, 3.05) is 13.7 Å². The van der Waals surface area contributed by atoms with Crippen LogP contribution in [0.15, 0.2) is 35.0 Å². The number of methoxy groups -OCH3 is 1. The normalized spacial score (nSPS) is 54.0. The highest BCUT2D eigenvalue weighted by Gasteiger charge is 2.89. The fraction of sp³-hybridized carbons (Fsp3) is 0.682. The fourth-order valence-electron chi connectivity index (χ4n) is 7.53. The summed E-state index contributed by atoms with van der Waals surface area (Å²) in [7, 11) is 1.53. The molecule has 5 fully saturated rings. The van der Waals surface area contributed by atoms with Crippen molar-refractivity contribution in [3.63, 3.8) is 0 Å². The van der Waals surface area contributed by atoms with Gasteiger partial charge in [0, 0.05) is 18.8 Å². The Bertz CT molecular complexity index is 922. The number of allylic oxidation sites excluding steroid dienone is 2. The van der Waals surface area contributed by atoms with Crippen LogP contribution in [0.5, 0.6) is 0 Å². The number of rotatable bonds is 3. The van der Waals surface area contributed by atoms with Crippen LogP contribution < -0.4 is 0 Å². The Morgan fingerprint density at radius 2 is 2.21 bits per heavy atom. The van der Waals surface area contributed by atoms with Gasteiger partial charge in [-0.25, -0.2) is 4.79 Å². The summed E-state index contributed by atoms with van der Waals surface area (Å²) in [5.41, 5.74) is -0.105. The molecule has 1 spiro atoms. The van der Waals surface area contributed by atoms with Gasteiger partial charge in [-0.05, 0) is 19.4 Å². The molecule has 8 atom stereocenters. The highest BCUT2D eigenvalue weighted by Crippen LogP contribution is 2.75. The molecule has 6 aliphatic rings. The lowest BCUT2D eigenvalue weighted by atomic mass is 9.70. The SMILES string of the molecule is CCC=CC12C3CC4C5C(C)C(=C6OC(=O)C(C)=C6OC)OC5(O3)C1CC[N+]42[O-]. The number of ether oxygens (including phenoxy) is 4. The minimum absolute atomic E-state index is 0.0118. The Balaban J connectivity index is 1.52. The zero-order valence-electron chi connectivity index (χ0n) is 17.3. The number of hydrogen-bond acceptors (Lipinski definition) is 6. The van der Waals surface area contributed by atoms with Crippen LogP contribution >= 0.6 is 0 Å². The molecule has 0 aromatic rings. The molecule has 156 valence electrons. The van der Waals surface area contributed by atoms with Gasteiger partial charge < -0.3 is 28.8 Å². The highest BCUT2D eigenvalue weighted by molar-refractivity contribution is 5.93. The number of quaternary nitrogens is 1. The Kier molecular flexibility index (Phi) is 3.26. The number of esters is 1. The number of nitrogens with zero attached hydrogens (tertiary/aromatic N) is 1. The van der Waals surface area contributed by atoms with Gasteiger partial charge in [0.05, 0.1) is 31.1 Å². The van der Waals surface area contributed by atoms with Gasteiger partial charge in [0.1, 0.15) is 17.9 Å². The quantitative estimate of drug-likeness (QED) is 0.313. The van der Waals surface area contributed by atoms with E-state index in [1.807, 2.05) is 0 Å². The number of piperidine rings is 1. The second kappa shape index (κ2) is 5.25. The van der Waals surface area contributed by atoms with Crippen LogP contribution in [0.1, 0.15) is 40.0 Å². The first-order chi connectivity index (χ1) is 13.9. The minimum Gasteiger partial charge on any atom is -0.632 e. The molecular weight excluding hydrogens is 374 g/mol. The Labute approximate surface area is 170 Å². The Morgan fingerprint density at radius 1 is 1.41 bits per heavy atom. The Morgan fingerprint density at radius 3 is 2.93 bits per heavy atom. The summed E-state index contributed by atoms with van der Waals surface area (Å²) in [5, 5.41) is 14.3. The van der Waals surface area contributed by atoms with E-state index >= 15 is 0 Å². The van der Waals surface area contributed by atoms with Gasteiger partial charge in [-0.15, -0.1) is 0 Å². The first-order valence-electron chi connectivity index (χ1n) is 10.7. The molecule has 29 heavy (non-hydrogen) atoms. The van der Waals surface area contributed by atoms with Gasteiger partial charge in [0.25, 0.3) is 0 Å². The number of carbonyl (C=O) groups excluding carboxylic acids is 1. The summed E-state index contributed by atoms with van der Waals surface area (Å²) in [5.74, 6) is 0.0336. The molecule has 6 rings (SSSR count). The summed E-state index contributed by atoms with van der Waals surface area (Å²) in [6, 6.07) is -0.0599. The summed E-state index contributed by atoms with van der Waals surface area (Å²) in [6.45, 7) is 6.47. The van der Waals surface area contributed by atoms with Gasteiger partial charge in [0.2, 0.25) is 11.5 Å². The third-order valence-electron chi connectivity index (χ3n) is 8.48. The first kappa shape index (κ1) is 18.0. The van der Waals surface area contributed by atoms with E-state index in [0.717, 1.165) is 19.3 Å². The van der Waals surface area contributed by atoms with Crippen LogP contribution in [0, 0.1) is 23.0 Å². The van der Waals surface area contributed by atoms with E-state index in [4.69, 9.17) is 18.9 Å². The number of fused-ring (bicyclic) bond motifs is 1. The summed E-state index contributed by atoms with van der Waals surface area (Å²) >= 11 is 0. The number of carbonyl (C=O) groups is 1. The van der Waals surface area contributed by atoms with Crippen molar-refractivity contribution < 1.29 is 28.4 Å². The van der Waals surface area contributed by atoms with Gasteiger partial charge in [-0.1, -0.05) is 19.9 Å². The lowest BCUT2D eigenvalue weighted by Gasteiger charge is -2.56. The van der Waals surface area contributed by atoms with Gasteiger partial charge in [-0.3, -0.25) is 0 Å². The lowest BCUT2D eigenvalue weighted by Crippen LogP contribution is -2.68.